The van der Waals surface area contributed by atoms with E-state index < -0.39 is 6.04 Å². The topological polar surface area (TPSA) is 69.6 Å². The third kappa shape index (κ3) is 3.55. The summed E-state index contributed by atoms with van der Waals surface area (Å²) in [6, 6.07) is 4.51. The third-order valence-electron chi connectivity index (χ3n) is 1.95. The van der Waals surface area contributed by atoms with Gasteiger partial charge < -0.3 is 15.5 Å². The van der Waals surface area contributed by atoms with Gasteiger partial charge in [-0.2, -0.15) is 0 Å². The highest BCUT2D eigenvalue weighted by Crippen LogP contribution is 2.21. The molecule has 0 aliphatic heterocycles. The van der Waals surface area contributed by atoms with Gasteiger partial charge in [0.2, 0.25) is 0 Å². The summed E-state index contributed by atoms with van der Waals surface area (Å²) in [4.78, 5) is 11.7. The lowest BCUT2D eigenvalue weighted by atomic mass is 10.2. The van der Waals surface area contributed by atoms with E-state index in [1.54, 1.807) is 18.2 Å². The zero-order chi connectivity index (χ0) is 12.1. The number of nitrogens with one attached hydrogen (secondary N) is 1. The molecule has 3 N–H and O–H groups in total. The maximum absolute atomic E-state index is 11.7. The van der Waals surface area contributed by atoms with E-state index in [0.29, 0.717) is 10.0 Å². The summed E-state index contributed by atoms with van der Waals surface area (Å²) in [7, 11) is 0. The van der Waals surface area contributed by atoms with E-state index in [0.717, 1.165) is 4.47 Å². The van der Waals surface area contributed by atoms with Crippen molar-refractivity contribution in [1.82, 2.24) is 5.32 Å². The van der Waals surface area contributed by atoms with Crippen LogP contribution in [0.4, 0.5) is 0 Å². The molecule has 0 saturated carbocycles. The predicted octanol–water partition coefficient (Wildman–Crippen LogP) is 1.29. The minimum Gasteiger partial charge on any atom is -0.394 e. The molecule has 0 heterocycles. The quantitative estimate of drug-likeness (QED) is 0.764. The van der Waals surface area contributed by atoms with Gasteiger partial charge >= 0.3 is 0 Å². The van der Waals surface area contributed by atoms with Crippen molar-refractivity contribution in [2.24, 2.45) is 0 Å². The Labute approximate surface area is 110 Å². The standard InChI is InChI=1S/C10H11Br2NO3/c11-6-1-2-8(9(12)3-6)10(16)13-7(4-14)5-15/h1-3,7,14-15H,4-5H2,(H,13,16). The molecular formula is C10H11Br2NO3. The Hall–Kier alpha value is -0.430. The van der Waals surface area contributed by atoms with Gasteiger partial charge in [-0.3, -0.25) is 4.79 Å². The van der Waals surface area contributed by atoms with Crippen LogP contribution >= 0.6 is 31.9 Å². The van der Waals surface area contributed by atoms with E-state index in [2.05, 4.69) is 37.2 Å². The van der Waals surface area contributed by atoms with Crippen LogP contribution in [0.25, 0.3) is 0 Å². The van der Waals surface area contributed by atoms with E-state index in [-0.39, 0.29) is 19.1 Å². The number of aliphatic hydroxyl groups excluding tert-OH is 2. The highest BCUT2D eigenvalue weighted by Gasteiger charge is 2.14. The van der Waals surface area contributed by atoms with Gasteiger partial charge in [0.05, 0.1) is 24.8 Å². The van der Waals surface area contributed by atoms with Crippen molar-refractivity contribution in [2.45, 2.75) is 6.04 Å². The fourth-order valence-electron chi connectivity index (χ4n) is 1.09. The number of hydrogen-bond donors (Lipinski definition) is 3. The summed E-state index contributed by atoms with van der Waals surface area (Å²) in [5, 5.41) is 20.2. The number of amides is 1. The van der Waals surface area contributed by atoms with Gasteiger partial charge in [0.25, 0.3) is 5.91 Å². The molecule has 1 aromatic rings. The number of benzene rings is 1. The van der Waals surface area contributed by atoms with Crippen LogP contribution in [-0.4, -0.2) is 35.4 Å². The number of carbonyl (C=O) groups is 1. The summed E-state index contributed by atoms with van der Waals surface area (Å²) >= 11 is 6.55. The maximum atomic E-state index is 11.7. The minimum atomic E-state index is -0.636. The van der Waals surface area contributed by atoms with Gasteiger partial charge in [-0.15, -0.1) is 0 Å². The van der Waals surface area contributed by atoms with Crippen molar-refractivity contribution in [3.05, 3.63) is 32.7 Å². The van der Waals surface area contributed by atoms with Gasteiger partial charge in [-0.05, 0) is 34.1 Å². The summed E-state index contributed by atoms with van der Waals surface area (Å²) < 4.78 is 1.51. The second-order valence-electron chi connectivity index (χ2n) is 3.16. The van der Waals surface area contributed by atoms with Crippen LogP contribution in [0.3, 0.4) is 0 Å². The lowest BCUT2D eigenvalue weighted by Crippen LogP contribution is -2.40. The average Bonchev–Trinajstić information content (AvgIpc) is 2.25. The van der Waals surface area contributed by atoms with E-state index in [1.165, 1.54) is 0 Å². The molecule has 0 spiro atoms. The number of halogens is 2. The predicted molar refractivity (Wildman–Crippen MR) is 67.3 cm³/mol. The SMILES string of the molecule is O=C(NC(CO)CO)c1ccc(Br)cc1Br. The van der Waals surface area contributed by atoms with Crippen LogP contribution in [0.2, 0.25) is 0 Å². The molecule has 16 heavy (non-hydrogen) atoms. The molecule has 1 aromatic carbocycles. The van der Waals surface area contributed by atoms with Crippen LogP contribution in [0.5, 0.6) is 0 Å². The molecular weight excluding hydrogens is 342 g/mol. The smallest absolute Gasteiger partial charge is 0.252 e. The zero-order valence-corrected chi connectivity index (χ0v) is 11.5. The number of hydrogen-bond acceptors (Lipinski definition) is 3. The second kappa shape index (κ2) is 6.34. The van der Waals surface area contributed by atoms with Crippen molar-refractivity contribution in [3.63, 3.8) is 0 Å². The Kier molecular flexibility index (Phi) is 5.40. The highest BCUT2D eigenvalue weighted by atomic mass is 79.9. The molecule has 0 aliphatic carbocycles. The van der Waals surface area contributed by atoms with Crippen LogP contribution in [-0.2, 0) is 0 Å². The van der Waals surface area contributed by atoms with Crippen molar-refractivity contribution < 1.29 is 15.0 Å². The normalized spacial score (nSPS) is 10.6. The first-order valence-corrected chi connectivity index (χ1v) is 6.14. The Morgan fingerprint density at radius 3 is 2.44 bits per heavy atom. The molecule has 0 radical (unpaired) electrons. The van der Waals surface area contributed by atoms with Crippen LogP contribution in [0.1, 0.15) is 10.4 Å². The molecule has 1 rings (SSSR count). The van der Waals surface area contributed by atoms with Gasteiger partial charge in [0.1, 0.15) is 0 Å². The summed E-state index contributed by atoms with van der Waals surface area (Å²) in [5.41, 5.74) is 0.454. The molecule has 4 nitrogen and oxygen atoms in total. The monoisotopic (exact) mass is 351 g/mol. The summed E-state index contributed by atoms with van der Waals surface area (Å²) in [6.07, 6.45) is 0. The molecule has 0 bridgehead atoms. The fourth-order valence-corrected chi connectivity index (χ4v) is 2.31. The van der Waals surface area contributed by atoms with Gasteiger partial charge in [-0.25, -0.2) is 0 Å². The lowest BCUT2D eigenvalue weighted by Gasteiger charge is -2.14. The number of carbonyl (C=O) groups excluding carboxylic acids is 1. The van der Waals surface area contributed by atoms with Crippen molar-refractivity contribution >= 4 is 37.8 Å². The largest absolute Gasteiger partial charge is 0.394 e. The van der Waals surface area contributed by atoms with E-state index >= 15 is 0 Å². The molecule has 0 atom stereocenters. The van der Waals surface area contributed by atoms with Crippen molar-refractivity contribution in [2.75, 3.05) is 13.2 Å². The molecule has 0 unspecified atom stereocenters. The Morgan fingerprint density at radius 1 is 1.31 bits per heavy atom. The molecule has 0 saturated heterocycles. The van der Waals surface area contributed by atoms with Gasteiger partial charge in [-0.1, -0.05) is 15.9 Å². The molecule has 6 heteroatoms. The van der Waals surface area contributed by atoms with Gasteiger partial charge in [0, 0.05) is 8.95 Å². The van der Waals surface area contributed by atoms with Crippen molar-refractivity contribution in [1.29, 1.82) is 0 Å². The first-order valence-electron chi connectivity index (χ1n) is 4.56. The summed E-state index contributed by atoms with van der Waals surface area (Å²) in [6.45, 7) is -0.591. The van der Waals surface area contributed by atoms with E-state index in [4.69, 9.17) is 10.2 Å². The van der Waals surface area contributed by atoms with Crippen molar-refractivity contribution in [3.8, 4) is 0 Å². The molecule has 0 fully saturated rings. The molecule has 1 amide bonds. The Balaban J connectivity index is 2.80. The van der Waals surface area contributed by atoms with Crippen LogP contribution < -0.4 is 5.32 Å². The Morgan fingerprint density at radius 2 is 1.94 bits per heavy atom. The lowest BCUT2D eigenvalue weighted by molar-refractivity contribution is 0.0878. The van der Waals surface area contributed by atoms with Crippen LogP contribution in [0.15, 0.2) is 27.1 Å². The Bertz CT molecular complexity index is 380. The first kappa shape index (κ1) is 13.6. The highest BCUT2D eigenvalue weighted by molar-refractivity contribution is 9.11. The molecule has 0 aliphatic rings. The number of rotatable bonds is 4. The zero-order valence-electron chi connectivity index (χ0n) is 8.28. The first-order chi connectivity index (χ1) is 7.58. The second-order valence-corrected chi connectivity index (χ2v) is 4.93. The fraction of sp³-hybridized carbons (Fsp3) is 0.300. The minimum absolute atomic E-state index is 0.295. The average molecular weight is 353 g/mol. The van der Waals surface area contributed by atoms with E-state index in [1.807, 2.05) is 0 Å². The molecule has 0 aromatic heterocycles. The maximum Gasteiger partial charge on any atom is 0.252 e. The van der Waals surface area contributed by atoms with Gasteiger partial charge in [0.15, 0.2) is 0 Å². The molecule has 88 valence electrons. The van der Waals surface area contributed by atoms with Crippen LogP contribution in [0, 0.1) is 0 Å². The summed E-state index contributed by atoms with van der Waals surface area (Å²) in [5.74, 6) is -0.340. The third-order valence-corrected chi connectivity index (χ3v) is 3.10. The number of aliphatic hydroxyl groups is 2. The van der Waals surface area contributed by atoms with E-state index in [9.17, 15) is 4.79 Å².